The van der Waals surface area contributed by atoms with Crippen LogP contribution in [0.4, 0.5) is 0 Å². The van der Waals surface area contributed by atoms with Crippen molar-refractivity contribution in [1.29, 1.82) is 0 Å². The lowest BCUT2D eigenvalue weighted by atomic mass is 10.1. The van der Waals surface area contributed by atoms with Crippen molar-refractivity contribution in [1.82, 2.24) is 25.2 Å². The Kier molecular flexibility index (Phi) is 6.03. The fourth-order valence-corrected chi connectivity index (χ4v) is 3.54. The van der Waals surface area contributed by atoms with E-state index in [4.69, 9.17) is 9.47 Å². The van der Waals surface area contributed by atoms with Crippen LogP contribution in [-0.2, 0) is 11.8 Å². The molecule has 3 rings (SSSR count). The van der Waals surface area contributed by atoms with Crippen molar-refractivity contribution in [2.45, 2.75) is 27.7 Å². The topological polar surface area (TPSA) is 92.0 Å². The molecule has 3 aromatic rings. The first-order valence-corrected chi connectivity index (χ1v) is 9.86. The number of esters is 1. The molecule has 0 radical (unpaired) electrons. The SMILES string of the molecule is CCOC(=O)c1sc(-c2ccc(OCC(C)C)c(-c3nnnn3C)c2)nc1C. The minimum absolute atomic E-state index is 0.330. The van der Waals surface area contributed by atoms with E-state index in [9.17, 15) is 4.79 Å². The molecular formula is C19H23N5O3S. The Bertz CT molecular complexity index is 980. The summed E-state index contributed by atoms with van der Waals surface area (Å²) in [6.07, 6.45) is 0. The van der Waals surface area contributed by atoms with Gasteiger partial charge in [-0.25, -0.2) is 14.5 Å². The second kappa shape index (κ2) is 8.47. The first kappa shape index (κ1) is 19.9. The van der Waals surface area contributed by atoms with Gasteiger partial charge in [-0.15, -0.1) is 16.4 Å². The normalized spacial score (nSPS) is 11.1. The zero-order chi connectivity index (χ0) is 20.3. The number of aromatic nitrogens is 5. The van der Waals surface area contributed by atoms with Crippen molar-refractivity contribution in [2.24, 2.45) is 13.0 Å². The number of hydrogen-bond donors (Lipinski definition) is 0. The highest BCUT2D eigenvalue weighted by molar-refractivity contribution is 7.17. The second-order valence-electron chi connectivity index (χ2n) is 6.70. The van der Waals surface area contributed by atoms with Gasteiger partial charge in [0.25, 0.3) is 0 Å². The number of carbonyl (C=O) groups excluding carboxylic acids is 1. The van der Waals surface area contributed by atoms with E-state index in [0.29, 0.717) is 41.3 Å². The van der Waals surface area contributed by atoms with E-state index in [1.165, 1.54) is 11.3 Å². The van der Waals surface area contributed by atoms with Crippen molar-refractivity contribution >= 4 is 17.3 Å². The zero-order valence-corrected chi connectivity index (χ0v) is 17.4. The van der Waals surface area contributed by atoms with Crippen molar-refractivity contribution in [2.75, 3.05) is 13.2 Å². The van der Waals surface area contributed by atoms with Crippen LogP contribution in [-0.4, -0.2) is 44.4 Å². The number of rotatable bonds is 7. The number of tetrazole rings is 1. The summed E-state index contributed by atoms with van der Waals surface area (Å²) in [5.74, 6) is 1.34. The molecular weight excluding hydrogens is 378 g/mol. The van der Waals surface area contributed by atoms with Crippen LogP contribution in [0.25, 0.3) is 22.0 Å². The summed E-state index contributed by atoms with van der Waals surface area (Å²) in [4.78, 5) is 17.2. The third-order valence-electron chi connectivity index (χ3n) is 3.92. The Morgan fingerprint density at radius 3 is 2.75 bits per heavy atom. The lowest BCUT2D eigenvalue weighted by Gasteiger charge is -2.13. The largest absolute Gasteiger partial charge is 0.493 e. The molecule has 0 unspecified atom stereocenters. The van der Waals surface area contributed by atoms with E-state index in [1.54, 1.807) is 25.6 Å². The number of aryl methyl sites for hydroxylation is 2. The number of nitrogens with zero attached hydrogens (tertiary/aromatic N) is 5. The maximum atomic E-state index is 12.1. The fourth-order valence-electron chi connectivity index (χ4n) is 2.58. The third-order valence-corrected chi connectivity index (χ3v) is 5.10. The molecule has 28 heavy (non-hydrogen) atoms. The van der Waals surface area contributed by atoms with Crippen LogP contribution in [0.3, 0.4) is 0 Å². The van der Waals surface area contributed by atoms with Gasteiger partial charge in [-0.05, 0) is 48.4 Å². The lowest BCUT2D eigenvalue weighted by molar-refractivity contribution is 0.0531. The van der Waals surface area contributed by atoms with Crippen LogP contribution in [0, 0.1) is 12.8 Å². The van der Waals surface area contributed by atoms with Gasteiger partial charge in [-0.1, -0.05) is 13.8 Å². The van der Waals surface area contributed by atoms with E-state index in [2.05, 4.69) is 34.4 Å². The standard InChI is InChI=1S/C19H23N5O3S/c1-6-26-19(25)16-12(4)20-18(28-16)13-7-8-15(27-10-11(2)3)14(9-13)17-21-22-23-24(17)5/h7-9,11H,6,10H2,1-5H3. The Morgan fingerprint density at radius 2 is 2.11 bits per heavy atom. The van der Waals surface area contributed by atoms with Crippen molar-refractivity contribution < 1.29 is 14.3 Å². The van der Waals surface area contributed by atoms with Gasteiger partial charge < -0.3 is 9.47 Å². The highest BCUT2D eigenvalue weighted by Gasteiger charge is 2.20. The number of hydrogen-bond acceptors (Lipinski definition) is 8. The van der Waals surface area contributed by atoms with Gasteiger partial charge in [0, 0.05) is 12.6 Å². The Labute approximate surface area is 167 Å². The molecule has 0 atom stereocenters. The molecule has 0 saturated carbocycles. The van der Waals surface area contributed by atoms with Crippen LogP contribution in [0.2, 0.25) is 0 Å². The molecule has 0 saturated heterocycles. The van der Waals surface area contributed by atoms with Gasteiger partial charge in [0.2, 0.25) is 0 Å². The van der Waals surface area contributed by atoms with E-state index in [1.807, 2.05) is 18.2 Å². The van der Waals surface area contributed by atoms with Crippen LogP contribution in [0.15, 0.2) is 18.2 Å². The summed E-state index contributed by atoms with van der Waals surface area (Å²) in [5.41, 5.74) is 2.29. The van der Waals surface area contributed by atoms with Crippen LogP contribution >= 0.6 is 11.3 Å². The van der Waals surface area contributed by atoms with Crippen LogP contribution in [0.5, 0.6) is 5.75 Å². The van der Waals surface area contributed by atoms with Crippen molar-refractivity contribution in [3.8, 4) is 27.7 Å². The molecule has 0 aliphatic heterocycles. The molecule has 148 valence electrons. The molecule has 8 nitrogen and oxygen atoms in total. The summed E-state index contributed by atoms with van der Waals surface area (Å²) in [6.45, 7) is 8.68. The highest BCUT2D eigenvalue weighted by Crippen LogP contribution is 2.35. The maximum absolute atomic E-state index is 12.1. The number of benzene rings is 1. The number of ether oxygens (including phenoxy) is 2. The molecule has 9 heteroatoms. The minimum Gasteiger partial charge on any atom is -0.493 e. The Hall–Kier alpha value is -2.81. The summed E-state index contributed by atoms with van der Waals surface area (Å²) < 4.78 is 12.7. The van der Waals surface area contributed by atoms with Gasteiger partial charge in [0.05, 0.1) is 24.5 Å². The van der Waals surface area contributed by atoms with E-state index in [-0.39, 0.29) is 5.97 Å². The molecule has 0 N–H and O–H groups in total. The zero-order valence-electron chi connectivity index (χ0n) is 16.6. The fraction of sp³-hybridized carbons (Fsp3) is 0.421. The molecule has 0 aliphatic rings. The summed E-state index contributed by atoms with van der Waals surface area (Å²) >= 11 is 1.31. The summed E-state index contributed by atoms with van der Waals surface area (Å²) in [7, 11) is 1.78. The predicted molar refractivity (Wildman–Crippen MR) is 106 cm³/mol. The number of carbonyl (C=O) groups is 1. The van der Waals surface area contributed by atoms with Gasteiger partial charge in [-0.2, -0.15) is 0 Å². The molecule has 1 aromatic carbocycles. The smallest absolute Gasteiger partial charge is 0.350 e. The van der Waals surface area contributed by atoms with Crippen molar-refractivity contribution in [3.63, 3.8) is 0 Å². The second-order valence-corrected chi connectivity index (χ2v) is 7.69. The Balaban J connectivity index is 2.03. The van der Waals surface area contributed by atoms with Gasteiger partial charge >= 0.3 is 5.97 Å². The van der Waals surface area contributed by atoms with E-state index < -0.39 is 0 Å². The van der Waals surface area contributed by atoms with Crippen LogP contribution in [0.1, 0.15) is 36.1 Å². The number of thiazole rings is 1. The average molecular weight is 401 g/mol. The monoisotopic (exact) mass is 401 g/mol. The molecule has 2 aromatic heterocycles. The summed E-state index contributed by atoms with van der Waals surface area (Å²) in [6, 6.07) is 5.76. The van der Waals surface area contributed by atoms with Gasteiger partial charge in [0.1, 0.15) is 15.6 Å². The van der Waals surface area contributed by atoms with E-state index in [0.717, 1.165) is 16.1 Å². The molecule has 0 aliphatic carbocycles. The minimum atomic E-state index is -0.349. The van der Waals surface area contributed by atoms with Gasteiger partial charge in [0.15, 0.2) is 5.82 Å². The predicted octanol–water partition coefficient (Wildman–Crippen LogP) is 3.52. The molecule has 0 spiro atoms. The quantitative estimate of drug-likeness (QED) is 0.559. The van der Waals surface area contributed by atoms with E-state index >= 15 is 0 Å². The van der Waals surface area contributed by atoms with Crippen molar-refractivity contribution in [3.05, 3.63) is 28.8 Å². The molecule has 0 amide bonds. The first-order chi connectivity index (χ1) is 13.4. The third kappa shape index (κ3) is 4.19. The Morgan fingerprint density at radius 1 is 1.32 bits per heavy atom. The van der Waals surface area contributed by atoms with Crippen LogP contribution < -0.4 is 4.74 Å². The molecule has 0 fully saturated rings. The first-order valence-electron chi connectivity index (χ1n) is 9.05. The lowest BCUT2D eigenvalue weighted by Crippen LogP contribution is -2.06. The van der Waals surface area contributed by atoms with Gasteiger partial charge in [-0.3, -0.25) is 0 Å². The molecule has 2 heterocycles. The average Bonchev–Trinajstić information content (AvgIpc) is 3.25. The maximum Gasteiger partial charge on any atom is 0.350 e. The summed E-state index contributed by atoms with van der Waals surface area (Å²) in [5, 5.41) is 12.5. The highest BCUT2D eigenvalue weighted by atomic mass is 32.1. The molecule has 0 bridgehead atoms.